The van der Waals surface area contributed by atoms with Crippen LogP contribution in [0.1, 0.15) is 22.3 Å². The Morgan fingerprint density at radius 3 is 2.27 bits per heavy atom. The average molecular weight is 433 g/mol. The Labute approximate surface area is 178 Å². The number of carbonyl (C=O) groups excluding carboxylic acids is 1. The summed E-state index contributed by atoms with van der Waals surface area (Å²) in [4.78, 5) is 14.7. The highest BCUT2D eigenvalue weighted by Crippen LogP contribution is 2.33. The molecule has 0 aromatic heterocycles. The fourth-order valence-electron chi connectivity index (χ4n) is 3.53. The molecule has 162 valence electrons. The van der Waals surface area contributed by atoms with Crippen molar-refractivity contribution < 1.29 is 22.7 Å². The molecule has 0 saturated heterocycles. The lowest BCUT2D eigenvalue weighted by Crippen LogP contribution is -2.43. The fraction of sp³-hybridized carbons (Fsp3) is 0.409. The van der Waals surface area contributed by atoms with Crippen LogP contribution in [0.5, 0.6) is 11.5 Å². The van der Waals surface area contributed by atoms with Crippen LogP contribution >= 0.6 is 0 Å². The maximum absolute atomic E-state index is 12.9. The van der Waals surface area contributed by atoms with Gasteiger partial charge in [-0.05, 0) is 66.8 Å². The number of nitrogens with zero attached hydrogens (tertiary/aromatic N) is 2. The second kappa shape index (κ2) is 8.65. The fourth-order valence-corrected chi connectivity index (χ4v) is 4.73. The van der Waals surface area contributed by atoms with Crippen LogP contribution in [-0.2, 0) is 27.8 Å². The van der Waals surface area contributed by atoms with Gasteiger partial charge in [-0.2, -0.15) is 4.31 Å². The van der Waals surface area contributed by atoms with E-state index in [1.807, 2.05) is 26.0 Å². The average Bonchev–Trinajstić information content (AvgIpc) is 2.73. The summed E-state index contributed by atoms with van der Waals surface area (Å²) in [6, 6.07) is 8.81. The maximum atomic E-state index is 12.9. The summed E-state index contributed by atoms with van der Waals surface area (Å²) in [6.07, 6.45) is 0.676. The largest absolute Gasteiger partial charge is 0.493 e. The standard InChI is InChI=1S/C22H28N2O5S/c1-15-6-7-19(10-16(15)2)30(26,27)23(3)14-22(25)24-9-8-17-11-20(28-4)21(29-5)12-18(17)13-24/h6-7,10-12H,8-9,13-14H2,1-5H3. The summed E-state index contributed by atoms with van der Waals surface area (Å²) in [5.74, 6) is 1.04. The Morgan fingerprint density at radius 1 is 1.03 bits per heavy atom. The van der Waals surface area contributed by atoms with E-state index < -0.39 is 10.0 Å². The Morgan fingerprint density at radius 2 is 1.67 bits per heavy atom. The molecule has 0 fully saturated rings. The minimum Gasteiger partial charge on any atom is -0.493 e. The lowest BCUT2D eigenvalue weighted by atomic mass is 9.98. The maximum Gasteiger partial charge on any atom is 0.243 e. The van der Waals surface area contributed by atoms with Gasteiger partial charge in [-0.3, -0.25) is 4.79 Å². The van der Waals surface area contributed by atoms with Crippen molar-refractivity contribution in [3.63, 3.8) is 0 Å². The molecule has 0 spiro atoms. The van der Waals surface area contributed by atoms with E-state index >= 15 is 0 Å². The molecule has 7 nitrogen and oxygen atoms in total. The third kappa shape index (κ3) is 4.29. The zero-order chi connectivity index (χ0) is 22.1. The van der Waals surface area contributed by atoms with E-state index in [9.17, 15) is 13.2 Å². The van der Waals surface area contributed by atoms with Crippen LogP contribution in [0.25, 0.3) is 0 Å². The molecule has 8 heteroatoms. The number of ether oxygens (including phenoxy) is 2. The zero-order valence-electron chi connectivity index (χ0n) is 18.1. The smallest absolute Gasteiger partial charge is 0.243 e. The van der Waals surface area contributed by atoms with E-state index in [4.69, 9.17) is 9.47 Å². The minimum atomic E-state index is -3.74. The first-order valence-electron chi connectivity index (χ1n) is 9.72. The van der Waals surface area contributed by atoms with Crippen LogP contribution in [0.4, 0.5) is 0 Å². The van der Waals surface area contributed by atoms with Crippen LogP contribution in [0.2, 0.25) is 0 Å². The number of hydrogen-bond donors (Lipinski definition) is 0. The summed E-state index contributed by atoms with van der Waals surface area (Å²) in [5.41, 5.74) is 4.00. The predicted octanol–water partition coefficient (Wildman–Crippen LogP) is 2.53. The van der Waals surface area contributed by atoms with Gasteiger partial charge in [0.25, 0.3) is 0 Å². The Balaban J connectivity index is 1.74. The number of methoxy groups -OCH3 is 2. The molecule has 0 bridgehead atoms. The van der Waals surface area contributed by atoms with Gasteiger partial charge in [-0.25, -0.2) is 8.42 Å². The summed E-state index contributed by atoms with van der Waals surface area (Å²) in [5, 5.41) is 0. The minimum absolute atomic E-state index is 0.196. The molecular formula is C22H28N2O5S. The number of rotatable bonds is 6. The highest BCUT2D eigenvalue weighted by molar-refractivity contribution is 7.89. The van der Waals surface area contributed by atoms with Crippen molar-refractivity contribution in [1.29, 1.82) is 0 Å². The van der Waals surface area contributed by atoms with E-state index in [-0.39, 0.29) is 17.3 Å². The summed E-state index contributed by atoms with van der Waals surface area (Å²) in [6.45, 7) is 4.52. The van der Waals surface area contributed by atoms with Gasteiger partial charge in [0.1, 0.15) is 0 Å². The number of amides is 1. The van der Waals surface area contributed by atoms with Crippen LogP contribution in [0.3, 0.4) is 0 Å². The van der Waals surface area contributed by atoms with Crippen LogP contribution in [0.15, 0.2) is 35.2 Å². The molecule has 2 aromatic rings. The number of hydrogen-bond acceptors (Lipinski definition) is 5. The van der Waals surface area contributed by atoms with E-state index in [0.717, 1.165) is 26.6 Å². The summed E-state index contributed by atoms with van der Waals surface area (Å²) in [7, 11) is 0.860. The quantitative estimate of drug-likeness (QED) is 0.701. The monoisotopic (exact) mass is 432 g/mol. The molecule has 0 radical (unpaired) electrons. The predicted molar refractivity (Wildman–Crippen MR) is 114 cm³/mol. The van der Waals surface area contributed by atoms with Crippen molar-refractivity contribution in [1.82, 2.24) is 9.21 Å². The van der Waals surface area contributed by atoms with Gasteiger partial charge < -0.3 is 14.4 Å². The Bertz CT molecular complexity index is 1070. The number of likely N-dealkylation sites (N-methyl/N-ethyl adjacent to an activating group) is 1. The van der Waals surface area contributed by atoms with Crippen LogP contribution < -0.4 is 9.47 Å². The van der Waals surface area contributed by atoms with Crippen molar-refractivity contribution in [2.24, 2.45) is 0 Å². The lowest BCUT2D eigenvalue weighted by molar-refractivity contribution is -0.132. The van der Waals surface area contributed by atoms with E-state index in [1.54, 1.807) is 37.3 Å². The molecule has 30 heavy (non-hydrogen) atoms. The first-order valence-corrected chi connectivity index (χ1v) is 11.2. The highest BCUT2D eigenvalue weighted by Gasteiger charge is 2.28. The topological polar surface area (TPSA) is 76.2 Å². The molecule has 0 atom stereocenters. The Kier molecular flexibility index (Phi) is 6.38. The SMILES string of the molecule is COc1cc2c(cc1OC)CN(C(=O)CN(C)S(=O)(=O)c1ccc(C)c(C)c1)CC2. The molecule has 1 amide bonds. The van der Waals surface area contributed by atoms with Gasteiger partial charge in [0.15, 0.2) is 11.5 Å². The molecule has 1 aliphatic rings. The molecule has 0 saturated carbocycles. The van der Waals surface area contributed by atoms with Crippen molar-refractivity contribution in [3.05, 3.63) is 52.6 Å². The third-order valence-corrected chi connectivity index (χ3v) is 7.41. The van der Waals surface area contributed by atoms with E-state index in [2.05, 4.69) is 0 Å². The van der Waals surface area contributed by atoms with Crippen molar-refractivity contribution in [3.8, 4) is 11.5 Å². The molecule has 0 unspecified atom stereocenters. The van der Waals surface area contributed by atoms with Crippen molar-refractivity contribution >= 4 is 15.9 Å². The number of benzene rings is 2. The van der Waals surface area contributed by atoms with E-state index in [1.165, 1.54) is 7.05 Å². The lowest BCUT2D eigenvalue weighted by Gasteiger charge is -2.31. The summed E-state index contributed by atoms with van der Waals surface area (Å²) < 4.78 is 37.6. The third-order valence-electron chi connectivity index (χ3n) is 5.62. The first kappa shape index (κ1) is 22.1. The Hall–Kier alpha value is -2.58. The molecule has 1 aliphatic heterocycles. The molecule has 1 heterocycles. The second-order valence-electron chi connectivity index (χ2n) is 7.55. The number of fused-ring (bicyclic) bond motifs is 1. The van der Waals surface area contributed by atoms with Gasteiger partial charge in [0, 0.05) is 20.1 Å². The summed E-state index contributed by atoms with van der Waals surface area (Å²) >= 11 is 0. The van der Waals surface area contributed by atoms with Gasteiger partial charge in [-0.15, -0.1) is 0 Å². The molecule has 0 N–H and O–H groups in total. The number of aryl methyl sites for hydroxylation is 2. The first-order chi connectivity index (χ1) is 14.2. The highest BCUT2D eigenvalue weighted by atomic mass is 32.2. The zero-order valence-corrected chi connectivity index (χ0v) is 18.9. The normalized spacial score (nSPS) is 13.9. The van der Waals surface area contributed by atoms with Gasteiger partial charge in [-0.1, -0.05) is 6.07 Å². The van der Waals surface area contributed by atoms with Crippen molar-refractivity contribution in [2.45, 2.75) is 31.7 Å². The van der Waals surface area contributed by atoms with Crippen LogP contribution in [-0.4, -0.2) is 57.9 Å². The molecular weight excluding hydrogens is 404 g/mol. The number of carbonyl (C=O) groups is 1. The molecule has 3 rings (SSSR count). The molecule has 2 aromatic carbocycles. The van der Waals surface area contributed by atoms with Gasteiger partial charge >= 0.3 is 0 Å². The van der Waals surface area contributed by atoms with Gasteiger partial charge in [0.05, 0.1) is 25.7 Å². The van der Waals surface area contributed by atoms with Crippen LogP contribution in [0, 0.1) is 13.8 Å². The molecule has 0 aliphatic carbocycles. The second-order valence-corrected chi connectivity index (χ2v) is 9.59. The van der Waals surface area contributed by atoms with Crippen molar-refractivity contribution in [2.75, 3.05) is 34.4 Å². The number of sulfonamides is 1. The van der Waals surface area contributed by atoms with E-state index in [0.29, 0.717) is 31.0 Å². The van der Waals surface area contributed by atoms with Gasteiger partial charge in [0.2, 0.25) is 15.9 Å².